The van der Waals surface area contributed by atoms with Gasteiger partial charge in [0.25, 0.3) is 0 Å². The highest BCUT2D eigenvalue weighted by atomic mass is 15.5. The molecule has 0 saturated heterocycles. The number of nitrogens with zero attached hydrogens (tertiary/aromatic N) is 3. The lowest BCUT2D eigenvalue weighted by Gasteiger charge is -2.25. The molecule has 0 radical (unpaired) electrons. The van der Waals surface area contributed by atoms with Crippen LogP contribution in [-0.4, -0.2) is 16.7 Å². The molecular formula is C15H24N4. The summed E-state index contributed by atoms with van der Waals surface area (Å²) in [7, 11) is 0. The third-order valence-electron chi connectivity index (χ3n) is 3.03. The van der Waals surface area contributed by atoms with E-state index in [1.54, 1.807) is 0 Å². The van der Waals surface area contributed by atoms with E-state index in [9.17, 15) is 0 Å². The van der Waals surface area contributed by atoms with Crippen molar-refractivity contribution in [3.05, 3.63) is 35.7 Å². The van der Waals surface area contributed by atoms with Gasteiger partial charge in [-0.05, 0) is 38.7 Å². The molecule has 104 valence electrons. The van der Waals surface area contributed by atoms with Gasteiger partial charge >= 0.3 is 0 Å². The molecule has 2 N–H and O–H groups in total. The fourth-order valence-electron chi connectivity index (χ4n) is 1.92. The number of nitrogens with two attached hydrogens (primary N) is 1. The van der Waals surface area contributed by atoms with Crippen LogP contribution in [0.15, 0.2) is 45.8 Å². The first-order valence-electron chi connectivity index (χ1n) is 6.70. The van der Waals surface area contributed by atoms with Crippen molar-refractivity contribution in [1.82, 2.24) is 5.01 Å². The van der Waals surface area contributed by atoms with Crippen molar-refractivity contribution < 1.29 is 0 Å². The summed E-state index contributed by atoms with van der Waals surface area (Å²) >= 11 is 0. The summed E-state index contributed by atoms with van der Waals surface area (Å²) in [6.45, 7) is 10.2. The van der Waals surface area contributed by atoms with E-state index in [0.717, 1.165) is 17.7 Å². The van der Waals surface area contributed by atoms with Crippen LogP contribution in [0.5, 0.6) is 0 Å². The Hall–Kier alpha value is -1.84. The Balaban J connectivity index is 3.23. The zero-order chi connectivity index (χ0) is 14.4. The molecule has 1 aliphatic rings. The molecule has 0 amide bonds. The molecule has 1 aliphatic heterocycles. The highest BCUT2D eigenvalue weighted by Crippen LogP contribution is 2.23. The van der Waals surface area contributed by atoms with Gasteiger partial charge < -0.3 is 5.73 Å². The molecule has 0 saturated carbocycles. The minimum atomic E-state index is 0.305. The molecule has 1 atom stereocenters. The molecule has 1 unspecified atom stereocenters. The van der Waals surface area contributed by atoms with Gasteiger partial charge in [-0.2, -0.15) is 5.10 Å². The van der Waals surface area contributed by atoms with Crippen molar-refractivity contribution >= 4 is 11.7 Å². The number of hydrogen-bond donors (Lipinski definition) is 1. The van der Waals surface area contributed by atoms with E-state index in [2.05, 4.69) is 43.0 Å². The molecule has 1 rings (SSSR count). The van der Waals surface area contributed by atoms with Gasteiger partial charge in [0.05, 0.1) is 0 Å². The second-order valence-corrected chi connectivity index (χ2v) is 4.63. The highest BCUT2D eigenvalue weighted by molar-refractivity contribution is 6.06. The van der Waals surface area contributed by atoms with Crippen LogP contribution in [-0.2, 0) is 0 Å². The van der Waals surface area contributed by atoms with Gasteiger partial charge in [-0.1, -0.05) is 32.1 Å². The summed E-state index contributed by atoms with van der Waals surface area (Å²) < 4.78 is 0. The minimum Gasteiger partial charge on any atom is -0.382 e. The van der Waals surface area contributed by atoms with Gasteiger partial charge in [0.2, 0.25) is 0 Å². The van der Waals surface area contributed by atoms with Crippen molar-refractivity contribution in [3.63, 3.8) is 0 Å². The number of aliphatic imine (C=N–C) groups is 1. The third-order valence-corrected chi connectivity index (χ3v) is 3.03. The van der Waals surface area contributed by atoms with Gasteiger partial charge in [-0.15, -0.1) is 0 Å². The summed E-state index contributed by atoms with van der Waals surface area (Å²) in [5.41, 5.74) is 8.13. The van der Waals surface area contributed by atoms with E-state index in [0.29, 0.717) is 17.6 Å². The summed E-state index contributed by atoms with van der Waals surface area (Å²) in [5.74, 6) is 1.51. The van der Waals surface area contributed by atoms with Crippen LogP contribution in [0.1, 0.15) is 41.0 Å². The fraction of sp³-hybridized carbons (Fsp3) is 0.467. The van der Waals surface area contributed by atoms with E-state index in [4.69, 9.17) is 5.73 Å². The Bertz CT molecular complexity index is 467. The summed E-state index contributed by atoms with van der Waals surface area (Å²) in [6.07, 6.45) is 9.15. The fourth-order valence-corrected chi connectivity index (χ4v) is 1.92. The van der Waals surface area contributed by atoms with Gasteiger partial charge in [-0.25, -0.2) is 10.0 Å². The Morgan fingerprint density at radius 3 is 2.74 bits per heavy atom. The van der Waals surface area contributed by atoms with Gasteiger partial charge in [0.15, 0.2) is 5.84 Å². The lowest BCUT2D eigenvalue weighted by atomic mass is 9.99. The average Bonchev–Trinajstić information content (AvgIpc) is 2.35. The van der Waals surface area contributed by atoms with Crippen molar-refractivity contribution in [2.45, 2.75) is 41.0 Å². The second kappa shape index (κ2) is 6.92. The summed E-state index contributed by atoms with van der Waals surface area (Å²) in [6, 6.07) is 0. The molecule has 0 aromatic heterocycles. The number of rotatable bonds is 4. The van der Waals surface area contributed by atoms with Crippen LogP contribution in [0.25, 0.3) is 0 Å². The Kier molecular flexibility index (Phi) is 5.55. The molecule has 19 heavy (non-hydrogen) atoms. The van der Waals surface area contributed by atoms with Crippen LogP contribution < -0.4 is 5.73 Å². The standard InChI is InChI=1S/C15H24N4/c1-6-8-10-19-14(12(4)11(3)9-7-2)15(16)17-13(5)18-19/h7-11H,6H2,1-5H3,(H2,16,17,18)/b9-7-,10-8-,14-12+. The van der Waals surface area contributed by atoms with E-state index in [-0.39, 0.29) is 0 Å². The van der Waals surface area contributed by atoms with Crippen molar-refractivity contribution in [1.29, 1.82) is 0 Å². The van der Waals surface area contributed by atoms with Crippen LogP contribution in [0.4, 0.5) is 0 Å². The predicted octanol–water partition coefficient (Wildman–Crippen LogP) is 3.40. The van der Waals surface area contributed by atoms with Crippen molar-refractivity contribution in [2.75, 3.05) is 0 Å². The molecule has 4 nitrogen and oxygen atoms in total. The van der Waals surface area contributed by atoms with Gasteiger partial charge in [0.1, 0.15) is 11.5 Å². The maximum atomic E-state index is 6.08. The SMILES string of the molecule is C/C=C\C(C)/C(C)=C1\C(N)=NC(C)=NN1/C=C\CC. The van der Waals surface area contributed by atoms with Gasteiger partial charge in [0, 0.05) is 6.20 Å². The van der Waals surface area contributed by atoms with E-state index >= 15 is 0 Å². The quantitative estimate of drug-likeness (QED) is 0.788. The third kappa shape index (κ3) is 3.81. The van der Waals surface area contributed by atoms with Crippen LogP contribution in [0.3, 0.4) is 0 Å². The van der Waals surface area contributed by atoms with Gasteiger partial charge in [-0.3, -0.25) is 0 Å². The Morgan fingerprint density at radius 1 is 1.47 bits per heavy atom. The van der Waals surface area contributed by atoms with E-state index in [1.807, 2.05) is 31.1 Å². The lowest BCUT2D eigenvalue weighted by Crippen LogP contribution is -2.31. The number of hydrogen-bond acceptors (Lipinski definition) is 4. The van der Waals surface area contributed by atoms with E-state index in [1.165, 1.54) is 0 Å². The zero-order valence-electron chi connectivity index (χ0n) is 12.5. The van der Waals surface area contributed by atoms with Crippen LogP contribution in [0, 0.1) is 5.92 Å². The molecule has 0 aromatic carbocycles. The minimum absolute atomic E-state index is 0.305. The molecule has 4 heteroatoms. The largest absolute Gasteiger partial charge is 0.382 e. The molecule has 1 heterocycles. The first-order valence-corrected chi connectivity index (χ1v) is 6.70. The average molecular weight is 260 g/mol. The number of amidine groups is 2. The molecule has 0 spiro atoms. The lowest BCUT2D eigenvalue weighted by molar-refractivity contribution is 0.500. The highest BCUT2D eigenvalue weighted by Gasteiger charge is 2.20. The van der Waals surface area contributed by atoms with E-state index < -0.39 is 0 Å². The van der Waals surface area contributed by atoms with Crippen molar-refractivity contribution in [3.8, 4) is 0 Å². The molecule has 0 bridgehead atoms. The topological polar surface area (TPSA) is 54.0 Å². The molecular weight excluding hydrogens is 236 g/mol. The monoisotopic (exact) mass is 260 g/mol. The molecule has 0 fully saturated rings. The first kappa shape index (κ1) is 15.2. The normalized spacial score (nSPS) is 20.8. The Morgan fingerprint density at radius 2 is 2.16 bits per heavy atom. The van der Waals surface area contributed by atoms with Crippen LogP contribution in [0.2, 0.25) is 0 Å². The molecule has 0 aromatic rings. The van der Waals surface area contributed by atoms with Crippen molar-refractivity contribution in [2.24, 2.45) is 21.7 Å². The first-order chi connectivity index (χ1) is 9.01. The smallest absolute Gasteiger partial charge is 0.151 e. The maximum Gasteiger partial charge on any atom is 0.151 e. The number of allylic oxidation sites excluding steroid dienone is 4. The molecule has 0 aliphatic carbocycles. The van der Waals surface area contributed by atoms with Crippen LogP contribution >= 0.6 is 0 Å². The second-order valence-electron chi connectivity index (χ2n) is 4.63. The maximum absolute atomic E-state index is 6.08. The Labute approximate surface area is 116 Å². The summed E-state index contributed by atoms with van der Waals surface area (Å²) in [5, 5.41) is 6.26. The summed E-state index contributed by atoms with van der Waals surface area (Å²) in [4.78, 5) is 4.27. The zero-order valence-corrected chi connectivity index (χ0v) is 12.5. The predicted molar refractivity (Wildman–Crippen MR) is 82.7 cm³/mol. The number of hydrazone groups is 1.